The van der Waals surface area contributed by atoms with Gasteiger partial charge >= 0.3 is 6.18 Å². The predicted octanol–water partition coefficient (Wildman–Crippen LogP) is 4.45. The fourth-order valence-corrected chi connectivity index (χ4v) is 3.60. The Labute approximate surface area is 192 Å². The summed E-state index contributed by atoms with van der Waals surface area (Å²) in [5.74, 6) is -0.596. The van der Waals surface area contributed by atoms with Gasteiger partial charge in [-0.1, -0.05) is 6.07 Å². The highest BCUT2D eigenvalue weighted by Gasteiger charge is 2.31. The highest BCUT2D eigenvalue weighted by atomic mass is 19.4. The molecule has 4 rings (SSSR count). The van der Waals surface area contributed by atoms with Gasteiger partial charge in [0, 0.05) is 37.3 Å². The smallest absolute Gasteiger partial charge is 0.353 e. The molecule has 0 spiro atoms. The third-order valence-corrected chi connectivity index (χ3v) is 5.44. The molecule has 1 fully saturated rings. The predicted molar refractivity (Wildman–Crippen MR) is 118 cm³/mol. The van der Waals surface area contributed by atoms with Crippen LogP contribution in [0.25, 0.3) is 0 Å². The number of hydrogen-bond acceptors (Lipinski definition) is 4. The van der Waals surface area contributed by atoms with E-state index in [-0.39, 0.29) is 11.5 Å². The summed E-state index contributed by atoms with van der Waals surface area (Å²) < 4.78 is 51.7. The summed E-state index contributed by atoms with van der Waals surface area (Å²) in [5, 5.41) is 2.54. The zero-order valence-corrected chi connectivity index (χ0v) is 17.8. The molecule has 0 saturated carbocycles. The van der Waals surface area contributed by atoms with E-state index in [0.717, 1.165) is 12.1 Å². The van der Waals surface area contributed by atoms with Crippen molar-refractivity contribution in [2.45, 2.75) is 6.18 Å². The molecule has 0 bridgehead atoms. The van der Waals surface area contributed by atoms with Gasteiger partial charge < -0.3 is 15.1 Å². The normalized spacial score (nSPS) is 14.1. The number of alkyl halides is 3. The van der Waals surface area contributed by atoms with E-state index in [1.165, 1.54) is 42.6 Å². The lowest BCUT2D eigenvalue weighted by Gasteiger charge is -2.35. The molecule has 0 unspecified atom stereocenters. The minimum Gasteiger partial charge on any atom is -0.353 e. The quantitative estimate of drug-likeness (QED) is 0.570. The topological polar surface area (TPSA) is 65.5 Å². The lowest BCUT2D eigenvalue weighted by molar-refractivity contribution is -0.137. The van der Waals surface area contributed by atoms with Crippen molar-refractivity contribution < 1.29 is 27.2 Å². The summed E-state index contributed by atoms with van der Waals surface area (Å²) in [5.41, 5.74) is -0.239. The lowest BCUT2D eigenvalue weighted by atomic mass is 10.1. The number of aromatic nitrogens is 1. The number of rotatable bonds is 4. The van der Waals surface area contributed by atoms with Crippen LogP contribution in [0.15, 0.2) is 66.9 Å². The number of pyridine rings is 1. The molecule has 1 saturated heterocycles. The van der Waals surface area contributed by atoms with Crippen LogP contribution in [0.4, 0.5) is 29.1 Å². The first-order valence-electron chi connectivity index (χ1n) is 10.5. The standard InChI is InChI=1S/C24H20F4N4O2/c25-19-6-4-16(5-7-19)23(34)32-12-10-31(11-13-32)21-9-8-20(15-29-21)30-22(33)17-2-1-3-18(14-17)24(26,27)28/h1-9,14-15H,10-13H2,(H,30,33). The molecule has 2 heterocycles. The number of nitrogens with zero attached hydrogens (tertiary/aromatic N) is 3. The molecule has 6 nitrogen and oxygen atoms in total. The number of hydrogen-bond donors (Lipinski definition) is 1. The Bertz CT molecular complexity index is 1170. The van der Waals surface area contributed by atoms with Crippen LogP contribution >= 0.6 is 0 Å². The summed E-state index contributed by atoms with van der Waals surface area (Å²) in [4.78, 5) is 32.9. The van der Waals surface area contributed by atoms with Gasteiger partial charge in [-0.3, -0.25) is 9.59 Å². The van der Waals surface area contributed by atoms with Crippen molar-refractivity contribution in [3.05, 3.63) is 89.4 Å². The van der Waals surface area contributed by atoms with E-state index in [0.29, 0.717) is 43.2 Å². The zero-order valence-electron chi connectivity index (χ0n) is 17.8. The van der Waals surface area contributed by atoms with Gasteiger partial charge in [-0.05, 0) is 54.6 Å². The van der Waals surface area contributed by atoms with E-state index >= 15 is 0 Å². The van der Waals surface area contributed by atoms with Crippen LogP contribution in [0.3, 0.4) is 0 Å². The van der Waals surface area contributed by atoms with Crippen molar-refractivity contribution in [1.29, 1.82) is 0 Å². The molecule has 3 aromatic rings. The maximum Gasteiger partial charge on any atom is 0.416 e. The summed E-state index contributed by atoms with van der Waals surface area (Å²) in [6.07, 6.45) is -3.11. The van der Waals surface area contributed by atoms with Gasteiger partial charge in [0.1, 0.15) is 11.6 Å². The molecule has 176 valence electrons. The van der Waals surface area contributed by atoms with E-state index < -0.39 is 23.5 Å². The molecular formula is C24H20F4N4O2. The molecule has 1 aliphatic rings. The Hall–Kier alpha value is -3.95. The Morgan fingerprint density at radius 3 is 2.21 bits per heavy atom. The number of piperazine rings is 1. The highest BCUT2D eigenvalue weighted by Crippen LogP contribution is 2.29. The minimum atomic E-state index is -4.53. The molecule has 1 aliphatic heterocycles. The van der Waals surface area contributed by atoms with Crippen molar-refractivity contribution in [2.75, 3.05) is 36.4 Å². The van der Waals surface area contributed by atoms with Gasteiger partial charge in [0.05, 0.1) is 17.4 Å². The van der Waals surface area contributed by atoms with Crippen LogP contribution < -0.4 is 10.2 Å². The van der Waals surface area contributed by atoms with Crippen LogP contribution in [0.1, 0.15) is 26.3 Å². The molecule has 1 N–H and O–H groups in total. The number of nitrogens with one attached hydrogen (secondary N) is 1. The highest BCUT2D eigenvalue weighted by molar-refractivity contribution is 6.04. The molecule has 2 amide bonds. The largest absolute Gasteiger partial charge is 0.416 e. The third-order valence-electron chi connectivity index (χ3n) is 5.44. The van der Waals surface area contributed by atoms with Gasteiger partial charge in [0.15, 0.2) is 0 Å². The van der Waals surface area contributed by atoms with Gasteiger partial charge in [-0.15, -0.1) is 0 Å². The van der Waals surface area contributed by atoms with E-state index in [1.807, 2.05) is 4.90 Å². The van der Waals surface area contributed by atoms with Crippen LogP contribution in [0.5, 0.6) is 0 Å². The fourth-order valence-electron chi connectivity index (χ4n) is 3.60. The number of anilines is 2. The summed E-state index contributed by atoms with van der Waals surface area (Å²) in [7, 11) is 0. The number of halogens is 4. The first-order valence-corrected chi connectivity index (χ1v) is 10.5. The van der Waals surface area contributed by atoms with Gasteiger partial charge in [-0.25, -0.2) is 9.37 Å². The SMILES string of the molecule is O=C(Nc1ccc(N2CCN(C(=O)c3ccc(F)cc3)CC2)nc1)c1cccc(C(F)(F)F)c1. The second-order valence-corrected chi connectivity index (χ2v) is 7.72. The fraction of sp³-hybridized carbons (Fsp3) is 0.208. The second-order valence-electron chi connectivity index (χ2n) is 7.72. The molecule has 34 heavy (non-hydrogen) atoms. The Morgan fingerprint density at radius 1 is 0.882 bits per heavy atom. The summed E-state index contributed by atoms with van der Waals surface area (Å²) in [6.45, 7) is 2.00. The van der Waals surface area contributed by atoms with E-state index in [4.69, 9.17) is 0 Å². The summed E-state index contributed by atoms with van der Waals surface area (Å²) >= 11 is 0. The Morgan fingerprint density at radius 2 is 1.59 bits per heavy atom. The van der Waals surface area contributed by atoms with Crippen LogP contribution in [0.2, 0.25) is 0 Å². The van der Waals surface area contributed by atoms with Crippen LogP contribution in [-0.4, -0.2) is 47.9 Å². The Balaban J connectivity index is 1.34. The average molecular weight is 472 g/mol. The molecule has 0 radical (unpaired) electrons. The van der Waals surface area contributed by atoms with Crippen molar-refractivity contribution in [3.63, 3.8) is 0 Å². The first kappa shape index (κ1) is 23.2. The van der Waals surface area contributed by atoms with Crippen molar-refractivity contribution >= 4 is 23.3 Å². The molecule has 1 aromatic heterocycles. The number of benzene rings is 2. The van der Waals surface area contributed by atoms with Crippen LogP contribution in [0, 0.1) is 5.82 Å². The first-order chi connectivity index (χ1) is 16.2. The van der Waals surface area contributed by atoms with E-state index in [2.05, 4.69) is 10.3 Å². The van der Waals surface area contributed by atoms with Crippen molar-refractivity contribution in [1.82, 2.24) is 9.88 Å². The Kier molecular flexibility index (Phi) is 6.49. The van der Waals surface area contributed by atoms with Gasteiger partial charge in [0.25, 0.3) is 11.8 Å². The van der Waals surface area contributed by atoms with Gasteiger partial charge in [-0.2, -0.15) is 13.2 Å². The molecular weight excluding hydrogens is 452 g/mol. The molecule has 10 heteroatoms. The summed E-state index contributed by atoms with van der Waals surface area (Å²) in [6, 6.07) is 12.9. The maximum atomic E-state index is 13.1. The molecule has 0 atom stereocenters. The van der Waals surface area contributed by atoms with Gasteiger partial charge in [0.2, 0.25) is 0 Å². The van der Waals surface area contributed by atoms with Crippen molar-refractivity contribution in [2.24, 2.45) is 0 Å². The maximum absolute atomic E-state index is 13.1. The second kappa shape index (κ2) is 9.50. The minimum absolute atomic E-state index is 0.110. The lowest BCUT2D eigenvalue weighted by Crippen LogP contribution is -2.49. The van der Waals surface area contributed by atoms with E-state index in [9.17, 15) is 27.2 Å². The van der Waals surface area contributed by atoms with E-state index in [1.54, 1.807) is 17.0 Å². The number of amides is 2. The molecule has 0 aliphatic carbocycles. The monoisotopic (exact) mass is 472 g/mol. The molecule has 2 aromatic carbocycles. The zero-order chi connectivity index (χ0) is 24.3. The average Bonchev–Trinajstić information content (AvgIpc) is 2.84. The van der Waals surface area contributed by atoms with Crippen molar-refractivity contribution in [3.8, 4) is 0 Å². The van der Waals surface area contributed by atoms with Crippen LogP contribution in [-0.2, 0) is 6.18 Å². The third kappa shape index (κ3) is 5.33. The number of carbonyl (C=O) groups excluding carboxylic acids is 2. The number of carbonyl (C=O) groups is 2.